The third-order valence-corrected chi connectivity index (χ3v) is 4.61. The predicted molar refractivity (Wildman–Crippen MR) is 104 cm³/mol. The Bertz CT molecular complexity index is 1130. The van der Waals surface area contributed by atoms with Gasteiger partial charge >= 0.3 is 0 Å². The van der Waals surface area contributed by atoms with Gasteiger partial charge in [-0.05, 0) is 30.7 Å². The molecule has 0 saturated heterocycles. The van der Waals surface area contributed by atoms with Crippen molar-refractivity contribution in [3.63, 3.8) is 0 Å². The van der Waals surface area contributed by atoms with E-state index < -0.39 is 22.8 Å². The molecule has 0 spiro atoms. The van der Waals surface area contributed by atoms with E-state index in [4.69, 9.17) is 11.6 Å². The Hall–Kier alpha value is -3.12. The number of Topliss-reactive ketones (excluding diaryl/α,β-unsaturated/α-hetero) is 1. The normalized spacial score (nSPS) is 10.8. The largest absolute Gasteiger partial charge is 0.506 e. The number of aromatic nitrogens is 1. The van der Waals surface area contributed by atoms with Crippen LogP contribution in [-0.4, -0.2) is 27.9 Å². The summed E-state index contributed by atoms with van der Waals surface area (Å²) in [7, 11) is 1.52. The van der Waals surface area contributed by atoms with Gasteiger partial charge in [-0.25, -0.2) is 0 Å². The Balaban J connectivity index is 2.18. The summed E-state index contributed by atoms with van der Waals surface area (Å²) in [6, 6.07) is 12.4. The van der Waals surface area contributed by atoms with Crippen molar-refractivity contribution in [2.24, 2.45) is 7.05 Å². The fourth-order valence-corrected chi connectivity index (χ4v) is 3.13. The molecule has 27 heavy (non-hydrogen) atoms. The van der Waals surface area contributed by atoms with Crippen molar-refractivity contribution in [1.29, 1.82) is 0 Å². The monoisotopic (exact) mass is 384 g/mol. The lowest BCUT2D eigenvalue weighted by atomic mass is 10.0. The number of amides is 1. The van der Waals surface area contributed by atoms with Crippen LogP contribution in [0.15, 0.2) is 47.3 Å². The van der Waals surface area contributed by atoms with E-state index in [1.54, 1.807) is 24.3 Å². The molecule has 0 bridgehead atoms. The van der Waals surface area contributed by atoms with Gasteiger partial charge in [0.25, 0.3) is 11.5 Å². The number of benzene rings is 2. The van der Waals surface area contributed by atoms with Crippen molar-refractivity contribution in [2.75, 3.05) is 6.54 Å². The molecule has 3 rings (SSSR count). The zero-order chi connectivity index (χ0) is 19.7. The van der Waals surface area contributed by atoms with E-state index in [9.17, 15) is 19.5 Å². The summed E-state index contributed by atoms with van der Waals surface area (Å²) in [5.74, 6) is -1.47. The first-order valence-corrected chi connectivity index (χ1v) is 8.57. The molecule has 2 N–H and O–H groups in total. The number of aryl methyl sites for hydroxylation is 1. The third-order valence-electron chi connectivity index (χ3n) is 4.28. The van der Waals surface area contributed by atoms with Gasteiger partial charge in [-0.3, -0.25) is 14.4 Å². The number of nitrogens with one attached hydrogen (secondary N) is 1. The molecule has 0 unspecified atom stereocenters. The summed E-state index contributed by atoms with van der Waals surface area (Å²) in [5.41, 5.74) is 0.972. The highest BCUT2D eigenvalue weighted by Gasteiger charge is 2.21. The van der Waals surface area contributed by atoms with E-state index in [1.165, 1.54) is 18.5 Å². The molecular formula is C20H17ClN2O4. The van der Waals surface area contributed by atoms with Crippen molar-refractivity contribution >= 4 is 34.2 Å². The highest BCUT2D eigenvalue weighted by molar-refractivity contribution is 6.33. The van der Waals surface area contributed by atoms with E-state index in [0.717, 1.165) is 11.1 Å². The molecule has 0 saturated carbocycles. The van der Waals surface area contributed by atoms with Gasteiger partial charge in [-0.1, -0.05) is 35.9 Å². The van der Waals surface area contributed by atoms with Crippen LogP contribution in [-0.2, 0) is 11.8 Å². The Kier molecular flexibility index (Phi) is 5.01. The van der Waals surface area contributed by atoms with Gasteiger partial charge in [0.2, 0.25) is 0 Å². The first kappa shape index (κ1) is 18.7. The number of pyridine rings is 1. The molecular weight excluding hydrogens is 368 g/mol. The van der Waals surface area contributed by atoms with Gasteiger partial charge in [0.15, 0.2) is 0 Å². The van der Waals surface area contributed by atoms with Crippen molar-refractivity contribution in [3.8, 4) is 16.9 Å². The second-order valence-electron chi connectivity index (χ2n) is 6.18. The van der Waals surface area contributed by atoms with Crippen molar-refractivity contribution in [1.82, 2.24) is 9.88 Å². The molecule has 0 atom stereocenters. The average molecular weight is 385 g/mol. The van der Waals surface area contributed by atoms with E-state index in [1.807, 2.05) is 18.2 Å². The molecule has 1 aromatic heterocycles. The Morgan fingerprint density at radius 2 is 1.89 bits per heavy atom. The molecule has 1 amide bonds. The number of hydrogen-bond donors (Lipinski definition) is 2. The van der Waals surface area contributed by atoms with Crippen LogP contribution in [0.2, 0.25) is 5.02 Å². The molecule has 138 valence electrons. The molecule has 0 aliphatic rings. The van der Waals surface area contributed by atoms with Crippen LogP contribution in [0.5, 0.6) is 5.75 Å². The van der Waals surface area contributed by atoms with Crippen LogP contribution in [0.3, 0.4) is 0 Å². The van der Waals surface area contributed by atoms with Crippen molar-refractivity contribution in [3.05, 3.63) is 63.4 Å². The van der Waals surface area contributed by atoms with E-state index in [0.29, 0.717) is 15.9 Å². The highest BCUT2D eigenvalue weighted by Crippen LogP contribution is 2.33. The number of aromatic hydroxyl groups is 1. The highest BCUT2D eigenvalue weighted by atomic mass is 35.5. The zero-order valence-corrected chi connectivity index (χ0v) is 15.5. The summed E-state index contributed by atoms with van der Waals surface area (Å²) >= 11 is 6.24. The summed E-state index contributed by atoms with van der Waals surface area (Å²) < 4.78 is 1.29. The fourth-order valence-electron chi connectivity index (χ4n) is 2.88. The molecule has 0 radical (unpaired) electrons. The number of rotatable bonds is 4. The lowest BCUT2D eigenvalue weighted by molar-refractivity contribution is -0.116. The van der Waals surface area contributed by atoms with Crippen LogP contribution in [0.4, 0.5) is 0 Å². The minimum absolute atomic E-state index is 0.217. The maximum atomic E-state index is 12.6. The van der Waals surface area contributed by atoms with Crippen molar-refractivity contribution < 1.29 is 14.7 Å². The second-order valence-corrected chi connectivity index (χ2v) is 6.59. The predicted octanol–water partition coefficient (Wildman–Crippen LogP) is 2.88. The van der Waals surface area contributed by atoms with Crippen LogP contribution >= 0.6 is 11.6 Å². The maximum Gasteiger partial charge on any atom is 0.267 e. The molecule has 3 aromatic rings. The number of hydrogen-bond acceptors (Lipinski definition) is 4. The quantitative estimate of drug-likeness (QED) is 0.724. The Labute approximate surface area is 160 Å². The van der Waals surface area contributed by atoms with E-state index >= 15 is 0 Å². The Morgan fingerprint density at radius 1 is 1.19 bits per heavy atom. The van der Waals surface area contributed by atoms with Gasteiger partial charge in [0, 0.05) is 23.0 Å². The molecule has 0 aliphatic heterocycles. The molecule has 1 heterocycles. The minimum Gasteiger partial charge on any atom is -0.506 e. The average Bonchev–Trinajstić information content (AvgIpc) is 2.64. The van der Waals surface area contributed by atoms with Gasteiger partial charge in [0.05, 0.1) is 12.1 Å². The number of fused-ring (bicyclic) bond motifs is 1. The molecule has 7 heteroatoms. The number of ketones is 1. The SMILES string of the molecule is CC(=O)CNC(=O)c1c(O)c2ccc(-c3ccccc3Cl)cc2n(C)c1=O. The van der Waals surface area contributed by atoms with Crippen LogP contribution in [0, 0.1) is 0 Å². The third kappa shape index (κ3) is 3.44. The molecule has 0 aliphatic carbocycles. The molecule has 0 fully saturated rings. The number of carbonyl (C=O) groups excluding carboxylic acids is 2. The van der Waals surface area contributed by atoms with Gasteiger partial charge in [0.1, 0.15) is 17.1 Å². The van der Waals surface area contributed by atoms with E-state index in [2.05, 4.69) is 5.32 Å². The number of nitrogens with zero attached hydrogens (tertiary/aromatic N) is 1. The second kappa shape index (κ2) is 7.25. The first-order chi connectivity index (χ1) is 12.8. The Morgan fingerprint density at radius 3 is 2.56 bits per heavy atom. The van der Waals surface area contributed by atoms with Gasteiger partial charge in [-0.2, -0.15) is 0 Å². The maximum absolute atomic E-state index is 12.6. The van der Waals surface area contributed by atoms with Crippen molar-refractivity contribution in [2.45, 2.75) is 6.92 Å². The van der Waals surface area contributed by atoms with Crippen LogP contribution in [0.25, 0.3) is 22.0 Å². The zero-order valence-electron chi connectivity index (χ0n) is 14.7. The minimum atomic E-state index is -0.791. The number of halogens is 1. The standard InChI is InChI=1S/C20H17ClN2O4/c1-11(24)10-22-19(26)17-18(25)14-8-7-12(9-16(14)23(2)20(17)27)13-5-3-4-6-15(13)21/h3-9,25H,10H2,1-2H3,(H,22,26). The van der Waals surface area contributed by atoms with Crippen LogP contribution < -0.4 is 10.9 Å². The topological polar surface area (TPSA) is 88.4 Å². The van der Waals surface area contributed by atoms with Crippen LogP contribution in [0.1, 0.15) is 17.3 Å². The lowest BCUT2D eigenvalue weighted by Gasteiger charge is -2.13. The fraction of sp³-hybridized carbons (Fsp3) is 0.150. The molecule has 6 nitrogen and oxygen atoms in total. The summed E-state index contributed by atoms with van der Waals surface area (Å²) in [6.45, 7) is 1.10. The number of carbonyl (C=O) groups is 2. The summed E-state index contributed by atoms with van der Waals surface area (Å²) in [6.07, 6.45) is 0. The molecule has 2 aromatic carbocycles. The summed E-state index contributed by atoms with van der Waals surface area (Å²) in [5, 5.41) is 13.8. The lowest BCUT2D eigenvalue weighted by Crippen LogP contribution is -2.34. The summed E-state index contributed by atoms with van der Waals surface area (Å²) in [4.78, 5) is 36.0. The van der Waals surface area contributed by atoms with E-state index in [-0.39, 0.29) is 12.3 Å². The smallest absolute Gasteiger partial charge is 0.267 e. The first-order valence-electron chi connectivity index (χ1n) is 8.19. The van der Waals surface area contributed by atoms with Gasteiger partial charge < -0.3 is 15.0 Å². The van der Waals surface area contributed by atoms with Gasteiger partial charge in [-0.15, -0.1) is 0 Å².